The number of nitrogens with zero attached hydrogens (tertiary/aromatic N) is 2. The van der Waals surface area contributed by atoms with Crippen LogP contribution in [0.25, 0.3) is 0 Å². The van der Waals surface area contributed by atoms with Gasteiger partial charge in [0, 0.05) is 31.2 Å². The van der Waals surface area contributed by atoms with E-state index in [1.807, 2.05) is 0 Å². The molecule has 3 nitrogen and oxygen atoms in total. The minimum atomic E-state index is 0.209. The van der Waals surface area contributed by atoms with Crippen LogP contribution in [0.4, 0.5) is 0 Å². The van der Waals surface area contributed by atoms with E-state index in [0.717, 1.165) is 12.6 Å². The second kappa shape index (κ2) is 7.24. The Morgan fingerprint density at radius 2 is 1.75 bits per heavy atom. The summed E-state index contributed by atoms with van der Waals surface area (Å²) in [6.07, 6.45) is 2.56. The van der Waals surface area contributed by atoms with Gasteiger partial charge in [0.05, 0.1) is 0 Å². The van der Waals surface area contributed by atoms with Gasteiger partial charge in [-0.2, -0.15) is 0 Å². The van der Waals surface area contributed by atoms with Gasteiger partial charge < -0.3 is 10.2 Å². The third-order valence-corrected chi connectivity index (χ3v) is 4.22. The molecule has 20 heavy (non-hydrogen) atoms. The largest absolute Gasteiger partial charge is 0.311 e. The maximum Gasteiger partial charge on any atom is 0.0220 e. The summed E-state index contributed by atoms with van der Waals surface area (Å²) in [5.74, 6) is 0. The molecule has 0 spiro atoms. The predicted octanol–water partition coefficient (Wildman–Crippen LogP) is 2.82. The fraction of sp³-hybridized carbons (Fsp3) is 1.00. The summed E-state index contributed by atoms with van der Waals surface area (Å²) < 4.78 is 0. The molecular weight excluding hydrogens is 246 g/mol. The Hall–Kier alpha value is -0.120. The lowest BCUT2D eigenvalue weighted by molar-refractivity contribution is 0.118. The molecule has 120 valence electrons. The van der Waals surface area contributed by atoms with Gasteiger partial charge in [0.2, 0.25) is 0 Å². The van der Waals surface area contributed by atoms with E-state index >= 15 is 0 Å². The van der Waals surface area contributed by atoms with Crippen molar-refractivity contribution in [2.24, 2.45) is 5.41 Å². The van der Waals surface area contributed by atoms with Crippen molar-refractivity contribution in [3.63, 3.8) is 0 Å². The summed E-state index contributed by atoms with van der Waals surface area (Å²) in [6.45, 7) is 19.9. The highest BCUT2D eigenvalue weighted by Gasteiger charge is 2.28. The monoisotopic (exact) mass is 283 g/mol. The molecule has 1 aliphatic rings. The Morgan fingerprint density at radius 3 is 2.30 bits per heavy atom. The molecule has 0 amide bonds. The minimum Gasteiger partial charge on any atom is -0.311 e. The van der Waals surface area contributed by atoms with E-state index in [1.165, 1.54) is 39.0 Å². The summed E-state index contributed by atoms with van der Waals surface area (Å²) >= 11 is 0. The highest BCUT2D eigenvalue weighted by molar-refractivity contribution is 4.85. The molecule has 1 aliphatic heterocycles. The van der Waals surface area contributed by atoms with Crippen molar-refractivity contribution in [3.8, 4) is 0 Å². The predicted molar refractivity (Wildman–Crippen MR) is 89.3 cm³/mol. The van der Waals surface area contributed by atoms with Gasteiger partial charge in [-0.25, -0.2) is 0 Å². The molecule has 1 unspecified atom stereocenters. The van der Waals surface area contributed by atoms with Crippen molar-refractivity contribution in [2.75, 3.05) is 39.8 Å². The molecule has 1 fully saturated rings. The normalized spacial score (nSPS) is 23.9. The van der Waals surface area contributed by atoms with Crippen molar-refractivity contribution in [2.45, 2.75) is 66.0 Å². The number of rotatable bonds is 5. The molecule has 0 bridgehead atoms. The van der Waals surface area contributed by atoms with Gasteiger partial charge in [0.1, 0.15) is 0 Å². The van der Waals surface area contributed by atoms with Crippen molar-refractivity contribution in [1.82, 2.24) is 15.1 Å². The molecule has 0 aromatic heterocycles. The number of nitrogens with one attached hydrogen (secondary N) is 1. The van der Waals surface area contributed by atoms with Gasteiger partial charge in [-0.15, -0.1) is 0 Å². The Kier molecular flexibility index (Phi) is 6.49. The first-order chi connectivity index (χ1) is 9.13. The van der Waals surface area contributed by atoms with E-state index in [4.69, 9.17) is 0 Å². The molecule has 1 rings (SSSR count). The molecule has 1 saturated heterocycles. The van der Waals surface area contributed by atoms with Crippen LogP contribution in [0, 0.1) is 5.41 Å². The molecule has 0 aromatic rings. The third-order valence-electron chi connectivity index (χ3n) is 4.22. The first-order valence-electron chi connectivity index (χ1n) is 8.30. The van der Waals surface area contributed by atoms with Crippen LogP contribution in [0.15, 0.2) is 0 Å². The summed E-state index contributed by atoms with van der Waals surface area (Å²) in [5.41, 5.74) is 0.532. The maximum absolute atomic E-state index is 3.67. The van der Waals surface area contributed by atoms with Crippen LogP contribution in [0.1, 0.15) is 54.4 Å². The number of hydrogen-bond donors (Lipinski definition) is 1. The lowest BCUT2D eigenvalue weighted by atomic mass is 9.90. The molecule has 0 saturated carbocycles. The van der Waals surface area contributed by atoms with Crippen LogP contribution in [-0.2, 0) is 0 Å². The first kappa shape index (κ1) is 17.9. The lowest BCUT2D eigenvalue weighted by Gasteiger charge is -2.38. The van der Waals surface area contributed by atoms with E-state index in [1.54, 1.807) is 0 Å². The van der Waals surface area contributed by atoms with Crippen LogP contribution < -0.4 is 5.32 Å². The van der Waals surface area contributed by atoms with Crippen molar-refractivity contribution in [3.05, 3.63) is 0 Å². The highest BCUT2D eigenvalue weighted by atomic mass is 15.2. The Labute approximate surface area is 127 Å². The zero-order chi connectivity index (χ0) is 15.4. The fourth-order valence-electron chi connectivity index (χ4n) is 3.00. The van der Waals surface area contributed by atoms with Crippen LogP contribution in [0.5, 0.6) is 0 Å². The van der Waals surface area contributed by atoms with Crippen molar-refractivity contribution in [1.29, 1.82) is 0 Å². The molecular formula is C17H37N3. The Bertz CT molecular complexity index is 280. The van der Waals surface area contributed by atoms with E-state index < -0.39 is 0 Å². The average Bonchev–Trinajstić information content (AvgIpc) is 2.47. The standard InChI is InChI=1S/C17H37N3/c1-8-15-12-19(7)10-9-11-20(15)14-17(5,6)13-18-16(2,3)4/h15,18H,8-14H2,1-7H3. The first-order valence-corrected chi connectivity index (χ1v) is 8.30. The van der Waals surface area contributed by atoms with E-state index in [-0.39, 0.29) is 5.54 Å². The summed E-state index contributed by atoms with van der Waals surface area (Å²) in [6, 6.07) is 0.719. The van der Waals surface area contributed by atoms with Crippen LogP contribution in [0.3, 0.4) is 0 Å². The van der Waals surface area contributed by atoms with Crippen molar-refractivity contribution >= 4 is 0 Å². The Balaban J connectivity index is 2.58. The minimum absolute atomic E-state index is 0.209. The SMILES string of the molecule is CCC1CN(C)CCCN1CC(C)(C)CNC(C)(C)C. The van der Waals surface area contributed by atoms with Crippen LogP contribution in [0.2, 0.25) is 0 Å². The van der Waals surface area contributed by atoms with Crippen LogP contribution in [-0.4, -0.2) is 61.2 Å². The van der Waals surface area contributed by atoms with Gasteiger partial charge in [-0.05, 0) is 59.2 Å². The van der Waals surface area contributed by atoms with Gasteiger partial charge in [0.25, 0.3) is 0 Å². The quantitative estimate of drug-likeness (QED) is 0.837. The molecule has 3 heteroatoms. The second-order valence-corrected chi connectivity index (χ2v) is 8.42. The molecule has 1 N–H and O–H groups in total. The Morgan fingerprint density at radius 1 is 1.10 bits per heavy atom. The van der Waals surface area contributed by atoms with Gasteiger partial charge in [-0.3, -0.25) is 4.90 Å². The average molecular weight is 284 g/mol. The highest BCUT2D eigenvalue weighted by Crippen LogP contribution is 2.22. The zero-order valence-corrected chi connectivity index (χ0v) is 14.9. The molecule has 0 aromatic carbocycles. The van der Waals surface area contributed by atoms with Gasteiger partial charge in [0.15, 0.2) is 0 Å². The number of hydrogen-bond acceptors (Lipinski definition) is 3. The van der Waals surface area contributed by atoms with Gasteiger partial charge in [-0.1, -0.05) is 20.8 Å². The smallest absolute Gasteiger partial charge is 0.0220 e. The topological polar surface area (TPSA) is 18.5 Å². The summed E-state index contributed by atoms with van der Waals surface area (Å²) in [5, 5.41) is 3.67. The third kappa shape index (κ3) is 6.55. The molecule has 0 aliphatic carbocycles. The van der Waals surface area contributed by atoms with Crippen molar-refractivity contribution < 1.29 is 0 Å². The van der Waals surface area contributed by atoms with Crippen LogP contribution >= 0.6 is 0 Å². The van der Waals surface area contributed by atoms with E-state index in [2.05, 4.69) is 63.7 Å². The lowest BCUT2D eigenvalue weighted by Crippen LogP contribution is -2.49. The fourth-order valence-corrected chi connectivity index (χ4v) is 3.00. The summed E-state index contributed by atoms with van der Waals surface area (Å²) in [7, 11) is 2.26. The summed E-state index contributed by atoms with van der Waals surface area (Å²) in [4.78, 5) is 5.22. The number of likely N-dealkylation sites (N-methyl/N-ethyl adjacent to an activating group) is 1. The molecule has 0 radical (unpaired) electrons. The zero-order valence-electron chi connectivity index (χ0n) is 14.9. The van der Waals surface area contributed by atoms with E-state index in [0.29, 0.717) is 5.41 Å². The molecule has 1 heterocycles. The molecule has 1 atom stereocenters. The van der Waals surface area contributed by atoms with E-state index in [9.17, 15) is 0 Å². The second-order valence-electron chi connectivity index (χ2n) is 8.42. The van der Waals surface area contributed by atoms with Gasteiger partial charge >= 0.3 is 0 Å². The maximum atomic E-state index is 3.67.